The van der Waals surface area contributed by atoms with Gasteiger partial charge in [0.2, 0.25) is 5.43 Å². The molecular weight excluding hydrogens is 489 g/mol. The fourth-order valence-electron chi connectivity index (χ4n) is 4.65. The summed E-state index contributed by atoms with van der Waals surface area (Å²) in [5.41, 5.74) is 0.0454. The van der Waals surface area contributed by atoms with Crippen LogP contribution < -0.4 is 21.2 Å². The first-order chi connectivity index (χ1) is 17.1. The first-order valence-electron chi connectivity index (χ1n) is 11.8. The Morgan fingerprint density at radius 2 is 2.06 bits per heavy atom. The van der Waals surface area contributed by atoms with Crippen LogP contribution >= 0.6 is 11.5 Å². The lowest BCUT2D eigenvalue weighted by molar-refractivity contribution is 0.0524. The van der Waals surface area contributed by atoms with Crippen LogP contribution in [0.1, 0.15) is 39.7 Å². The van der Waals surface area contributed by atoms with E-state index < -0.39 is 28.5 Å². The first kappa shape index (κ1) is 24.3. The molecule has 1 aliphatic heterocycles. The van der Waals surface area contributed by atoms with E-state index in [2.05, 4.69) is 14.8 Å². The summed E-state index contributed by atoms with van der Waals surface area (Å²) in [6.45, 7) is 6.27. The van der Waals surface area contributed by atoms with E-state index in [4.69, 9.17) is 9.57 Å². The van der Waals surface area contributed by atoms with Crippen LogP contribution in [0, 0.1) is 11.7 Å². The maximum atomic E-state index is 15.4. The van der Waals surface area contributed by atoms with Gasteiger partial charge in [0.05, 0.1) is 23.5 Å². The van der Waals surface area contributed by atoms with Crippen molar-refractivity contribution in [2.24, 2.45) is 11.1 Å². The van der Waals surface area contributed by atoms with E-state index in [-0.39, 0.29) is 29.3 Å². The van der Waals surface area contributed by atoms with Crippen LogP contribution in [0.4, 0.5) is 14.9 Å². The molecule has 3 aromatic rings. The first-order valence-corrected chi connectivity index (χ1v) is 12.6. The molecule has 1 amide bonds. The maximum Gasteiger partial charge on any atom is 0.407 e. The molecule has 3 heterocycles. The normalized spacial score (nSPS) is 19.4. The summed E-state index contributed by atoms with van der Waals surface area (Å²) in [7, 11) is 1.44. The van der Waals surface area contributed by atoms with Crippen molar-refractivity contribution in [1.82, 2.24) is 14.3 Å². The van der Waals surface area contributed by atoms with Gasteiger partial charge in [0, 0.05) is 30.4 Å². The van der Waals surface area contributed by atoms with Gasteiger partial charge in [-0.25, -0.2) is 9.18 Å². The summed E-state index contributed by atoms with van der Waals surface area (Å²) < 4.78 is 25.4. The Labute approximate surface area is 209 Å². The highest BCUT2D eigenvalue weighted by molar-refractivity contribution is 7.12. The van der Waals surface area contributed by atoms with E-state index in [1.807, 2.05) is 9.47 Å². The van der Waals surface area contributed by atoms with E-state index in [9.17, 15) is 14.4 Å². The maximum absolute atomic E-state index is 15.4. The largest absolute Gasteiger partial charge is 0.444 e. The number of aromatic nitrogens is 2. The number of nitrogens with one attached hydrogen (secondary N) is 2. The second-order valence-electron chi connectivity index (χ2n) is 10.2. The molecule has 0 bridgehead atoms. The molecule has 2 N–H and O–H groups in total. The van der Waals surface area contributed by atoms with E-state index in [1.54, 1.807) is 26.8 Å². The smallest absolute Gasteiger partial charge is 0.407 e. The van der Waals surface area contributed by atoms with Crippen LogP contribution in [-0.4, -0.2) is 53.1 Å². The van der Waals surface area contributed by atoms with Crippen molar-refractivity contribution in [3.63, 3.8) is 0 Å². The third-order valence-corrected chi connectivity index (χ3v) is 7.20. The van der Waals surface area contributed by atoms with Gasteiger partial charge in [0.25, 0.3) is 5.56 Å². The molecule has 1 saturated carbocycles. The number of rotatable bonds is 5. The minimum Gasteiger partial charge on any atom is -0.444 e. The van der Waals surface area contributed by atoms with E-state index in [1.165, 1.54) is 13.2 Å². The number of pyridine rings is 1. The monoisotopic (exact) mass is 517 g/mol. The topological polar surface area (TPSA) is 118 Å². The Morgan fingerprint density at radius 3 is 2.72 bits per heavy atom. The van der Waals surface area contributed by atoms with Crippen molar-refractivity contribution in [3.05, 3.63) is 38.5 Å². The van der Waals surface area contributed by atoms with Crippen LogP contribution in [0.2, 0.25) is 0 Å². The third kappa shape index (κ3) is 4.45. The van der Waals surface area contributed by atoms with Gasteiger partial charge in [-0.15, -0.1) is 0 Å². The molecule has 2 fully saturated rings. The van der Waals surface area contributed by atoms with Crippen molar-refractivity contribution >= 4 is 50.1 Å². The van der Waals surface area contributed by atoms with Crippen LogP contribution in [0.5, 0.6) is 0 Å². The number of nitrogens with zero attached hydrogens (tertiary/aromatic N) is 3. The molecule has 2 aromatic heterocycles. The lowest BCUT2D eigenvalue weighted by atomic mass is 10.1. The molecule has 0 spiro atoms. The molecule has 10 nitrogen and oxygen atoms in total. The fraction of sp³-hybridized carbons (Fsp3) is 0.500. The Hall–Kier alpha value is -3.41. The molecule has 2 aliphatic rings. The minimum atomic E-state index is -0.626. The summed E-state index contributed by atoms with van der Waals surface area (Å²) in [6, 6.07) is 3.07. The number of H-pyrrole nitrogens is 1. The number of amides is 1. The summed E-state index contributed by atoms with van der Waals surface area (Å²) in [4.78, 5) is 44.9. The van der Waals surface area contributed by atoms with Gasteiger partial charge in [-0.3, -0.25) is 14.0 Å². The molecule has 0 radical (unpaired) electrons. The molecule has 1 saturated heterocycles. The number of ether oxygens (including phenoxy) is 1. The number of hydrogen-bond donors (Lipinski definition) is 2. The van der Waals surface area contributed by atoms with Crippen molar-refractivity contribution in [2.45, 2.75) is 45.3 Å². The second kappa shape index (κ2) is 8.91. The molecule has 1 atom stereocenters. The number of carbonyl (C=O) groups excluding carboxylic acids is 1. The van der Waals surface area contributed by atoms with Crippen LogP contribution in [0.25, 0.3) is 21.1 Å². The van der Waals surface area contributed by atoms with Gasteiger partial charge in [-0.05, 0) is 57.3 Å². The Morgan fingerprint density at radius 1 is 1.31 bits per heavy atom. The predicted molar refractivity (Wildman–Crippen MR) is 137 cm³/mol. The Balaban J connectivity index is 1.50. The van der Waals surface area contributed by atoms with Gasteiger partial charge in [0.1, 0.15) is 28.7 Å². The van der Waals surface area contributed by atoms with Crippen LogP contribution in [0.3, 0.4) is 0 Å². The third-order valence-electron chi connectivity index (χ3n) is 6.31. The number of alkyl carbamates (subject to hydrolysis) is 1. The molecule has 1 aromatic carbocycles. The number of benzene rings is 1. The zero-order valence-corrected chi connectivity index (χ0v) is 21.3. The molecule has 1 aliphatic carbocycles. The SMILES string of the molecule is CON=C1CN(c2cc3c(cc2F)c(=O)c2c(=O)[nH]sc2n3C2CC2)CC1CNC(=O)OC(C)(C)C. The molecule has 36 heavy (non-hydrogen) atoms. The highest BCUT2D eigenvalue weighted by Crippen LogP contribution is 2.41. The molecule has 192 valence electrons. The zero-order valence-electron chi connectivity index (χ0n) is 20.5. The quantitative estimate of drug-likeness (QED) is 0.501. The lowest BCUT2D eigenvalue weighted by Crippen LogP contribution is -2.37. The highest BCUT2D eigenvalue weighted by Gasteiger charge is 2.34. The fourth-order valence-corrected chi connectivity index (χ4v) is 5.57. The average molecular weight is 518 g/mol. The van der Waals surface area contributed by atoms with Gasteiger partial charge in [-0.1, -0.05) is 5.16 Å². The van der Waals surface area contributed by atoms with Gasteiger partial charge >= 0.3 is 6.09 Å². The van der Waals surface area contributed by atoms with Crippen molar-refractivity contribution in [3.8, 4) is 0 Å². The Kier molecular flexibility index (Phi) is 6.01. The van der Waals surface area contributed by atoms with Gasteiger partial charge in [-0.2, -0.15) is 0 Å². The molecule has 1 unspecified atom stereocenters. The van der Waals surface area contributed by atoms with Gasteiger partial charge < -0.3 is 24.4 Å². The lowest BCUT2D eigenvalue weighted by Gasteiger charge is -2.22. The van der Waals surface area contributed by atoms with Crippen molar-refractivity contribution in [2.75, 3.05) is 31.6 Å². The van der Waals surface area contributed by atoms with E-state index >= 15 is 4.39 Å². The second-order valence-corrected chi connectivity index (χ2v) is 11.0. The van der Waals surface area contributed by atoms with E-state index in [0.29, 0.717) is 34.8 Å². The predicted octanol–water partition coefficient (Wildman–Crippen LogP) is 3.34. The van der Waals surface area contributed by atoms with Crippen molar-refractivity contribution < 1.29 is 18.8 Å². The molecule has 5 rings (SSSR count). The zero-order chi connectivity index (χ0) is 25.8. The number of carbonyl (C=O) groups is 1. The number of oxime groups is 1. The van der Waals surface area contributed by atoms with E-state index in [0.717, 1.165) is 24.4 Å². The molecule has 12 heteroatoms. The Bertz CT molecular complexity index is 1500. The summed E-state index contributed by atoms with van der Waals surface area (Å²) in [6.07, 6.45) is 1.31. The number of halogens is 1. The van der Waals surface area contributed by atoms with Gasteiger partial charge in [0.15, 0.2) is 0 Å². The van der Waals surface area contributed by atoms with Crippen LogP contribution in [-0.2, 0) is 9.57 Å². The summed E-state index contributed by atoms with van der Waals surface area (Å²) in [5, 5.41) is 7.13. The highest BCUT2D eigenvalue weighted by atomic mass is 32.1. The van der Waals surface area contributed by atoms with Crippen LogP contribution in [0.15, 0.2) is 26.9 Å². The number of fused-ring (bicyclic) bond motifs is 2. The average Bonchev–Trinajstić information content (AvgIpc) is 3.44. The summed E-state index contributed by atoms with van der Waals surface area (Å²) in [5.74, 6) is -0.791. The number of aromatic amines is 1. The number of anilines is 1. The minimum absolute atomic E-state index is 0.0792. The standard InChI is InChI=1S/C24H28FN5O5S/c1-24(2,3)35-23(33)26-9-12-10-29(11-16(12)27-34-4)18-8-17-14(7-15(18)25)20(31)19-21(32)28-36-22(19)30(17)13-5-6-13/h7-8,12-13H,5-6,9-11H2,1-4H3,(H,26,33)(H,28,32). The van der Waals surface area contributed by atoms with Crippen molar-refractivity contribution in [1.29, 1.82) is 0 Å². The summed E-state index contributed by atoms with van der Waals surface area (Å²) >= 11 is 1.13. The molecular formula is C24H28FN5O5S. The number of hydrogen-bond acceptors (Lipinski definition) is 8.